The molecule has 1 atom stereocenters. The fourth-order valence-corrected chi connectivity index (χ4v) is 2.47. The first-order chi connectivity index (χ1) is 10.9. The molecule has 2 aromatic carbocycles. The van der Waals surface area contributed by atoms with Crippen LogP contribution in [0.4, 0.5) is 5.69 Å². The van der Waals surface area contributed by atoms with Crippen LogP contribution >= 0.6 is 23.2 Å². The van der Waals surface area contributed by atoms with E-state index in [1.807, 2.05) is 39.0 Å². The number of carbonyl (C=O) groups is 1. The fourth-order valence-electron chi connectivity index (χ4n) is 2.12. The van der Waals surface area contributed by atoms with E-state index < -0.39 is 6.10 Å². The minimum Gasteiger partial charge on any atom is -0.480 e. The predicted octanol–water partition coefficient (Wildman–Crippen LogP) is 5.41. The average Bonchev–Trinajstić information content (AvgIpc) is 2.52. The van der Waals surface area contributed by atoms with Gasteiger partial charge in [0, 0.05) is 0 Å². The van der Waals surface area contributed by atoms with E-state index in [-0.39, 0.29) is 5.91 Å². The van der Waals surface area contributed by atoms with Gasteiger partial charge in [-0.1, -0.05) is 48.3 Å². The molecular weight excluding hydrogens is 333 g/mol. The van der Waals surface area contributed by atoms with Crippen molar-refractivity contribution in [1.82, 2.24) is 0 Å². The van der Waals surface area contributed by atoms with Crippen LogP contribution in [0.5, 0.6) is 5.75 Å². The average molecular weight is 352 g/mol. The molecule has 0 fully saturated rings. The number of amides is 1. The Labute approximate surface area is 146 Å². The Morgan fingerprint density at radius 2 is 1.96 bits per heavy atom. The summed E-state index contributed by atoms with van der Waals surface area (Å²) in [4.78, 5) is 12.5. The van der Waals surface area contributed by atoms with Crippen LogP contribution in [-0.4, -0.2) is 12.0 Å². The van der Waals surface area contributed by atoms with Crippen molar-refractivity contribution >= 4 is 34.8 Å². The minimum atomic E-state index is -0.606. The lowest BCUT2D eigenvalue weighted by Gasteiger charge is -2.19. The van der Waals surface area contributed by atoms with Gasteiger partial charge in [-0.05, 0) is 49.6 Å². The molecule has 0 bridgehead atoms. The van der Waals surface area contributed by atoms with Gasteiger partial charge in [-0.15, -0.1) is 0 Å². The Bertz CT molecular complexity index is 716. The number of anilines is 1. The molecule has 0 aliphatic heterocycles. The van der Waals surface area contributed by atoms with Crippen molar-refractivity contribution in [2.45, 2.75) is 33.3 Å². The van der Waals surface area contributed by atoms with E-state index in [1.54, 1.807) is 18.2 Å². The molecule has 0 aromatic heterocycles. The Morgan fingerprint density at radius 3 is 2.65 bits per heavy atom. The third-order valence-electron chi connectivity index (χ3n) is 3.49. The van der Waals surface area contributed by atoms with Gasteiger partial charge in [0.2, 0.25) is 0 Å². The molecule has 2 aromatic rings. The number of hydrogen-bond acceptors (Lipinski definition) is 2. The minimum absolute atomic E-state index is 0.252. The number of hydrogen-bond donors (Lipinski definition) is 1. The van der Waals surface area contributed by atoms with Gasteiger partial charge in [0.25, 0.3) is 5.91 Å². The molecule has 0 unspecified atom stereocenters. The fraction of sp³-hybridized carbons (Fsp3) is 0.278. The van der Waals surface area contributed by atoms with Crippen molar-refractivity contribution in [1.29, 1.82) is 0 Å². The number of nitrogens with one attached hydrogen (secondary N) is 1. The maximum Gasteiger partial charge on any atom is 0.265 e. The van der Waals surface area contributed by atoms with Crippen molar-refractivity contribution in [2.24, 2.45) is 0 Å². The smallest absolute Gasteiger partial charge is 0.265 e. The third-order valence-corrected chi connectivity index (χ3v) is 4.30. The summed E-state index contributed by atoms with van der Waals surface area (Å²) in [6, 6.07) is 11.0. The molecule has 5 heteroatoms. The zero-order chi connectivity index (χ0) is 17.0. The van der Waals surface area contributed by atoms with E-state index in [2.05, 4.69) is 5.32 Å². The van der Waals surface area contributed by atoms with Gasteiger partial charge in [0.1, 0.15) is 5.75 Å². The Hall–Kier alpha value is -1.71. The predicted molar refractivity (Wildman–Crippen MR) is 95.7 cm³/mol. The number of ether oxygens (including phenoxy) is 1. The summed E-state index contributed by atoms with van der Waals surface area (Å²) in [5.41, 5.74) is 2.55. The molecule has 0 aliphatic carbocycles. The van der Waals surface area contributed by atoms with E-state index in [0.29, 0.717) is 27.9 Å². The zero-order valence-corrected chi connectivity index (χ0v) is 14.8. The van der Waals surface area contributed by atoms with Crippen molar-refractivity contribution in [2.75, 3.05) is 5.32 Å². The van der Waals surface area contributed by atoms with E-state index >= 15 is 0 Å². The number of rotatable bonds is 5. The highest BCUT2D eigenvalue weighted by Crippen LogP contribution is 2.30. The van der Waals surface area contributed by atoms with Crippen LogP contribution in [0.15, 0.2) is 36.4 Å². The van der Waals surface area contributed by atoms with E-state index in [4.69, 9.17) is 27.9 Å². The quantitative estimate of drug-likeness (QED) is 0.782. The topological polar surface area (TPSA) is 38.3 Å². The first-order valence-electron chi connectivity index (χ1n) is 7.41. The monoisotopic (exact) mass is 351 g/mol. The lowest BCUT2D eigenvalue weighted by atomic mass is 10.1. The number of halogens is 2. The van der Waals surface area contributed by atoms with Crippen LogP contribution in [0, 0.1) is 13.8 Å². The highest BCUT2D eigenvalue weighted by molar-refractivity contribution is 6.44. The van der Waals surface area contributed by atoms with Crippen LogP contribution in [0.25, 0.3) is 0 Å². The van der Waals surface area contributed by atoms with Crippen molar-refractivity contribution in [3.63, 3.8) is 0 Å². The molecule has 0 aliphatic rings. The summed E-state index contributed by atoms with van der Waals surface area (Å²) in [5, 5.41) is 3.50. The van der Waals surface area contributed by atoms with E-state index in [0.717, 1.165) is 11.1 Å². The number of carbonyl (C=O) groups excluding carboxylic acids is 1. The van der Waals surface area contributed by atoms with Gasteiger partial charge in [0.15, 0.2) is 6.10 Å². The summed E-state index contributed by atoms with van der Waals surface area (Å²) in [6.45, 7) is 5.83. The second-order valence-corrected chi connectivity index (χ2v) is 6.16. The second-order valence-electron chi connectivity index (χ2n) is 5.37. The molecule has 0 saturated heterocycles. The molecule has 0 radical (unpaired) electrons. The third kappa shape index (κ3) is 4.40. The van der Waals surface area contributed by atoms with Crippen molar-refractivity contribution in [3.8, 4) is 5.75 Å². The van der Waals surface area contributed by atoms with Crippen LogP contribution in [-0.2, 0) is 4.79 Å². The first kappa shape index (κ1) is 17.6. The Balaban J connectivity index is 2.15. The molecule has 0 spiro atoms. The van der Waals surface area contributed by atoms with E-state index in [9.17, 15) is 4.79 Å². The van der Waals surface area contributed by atoms with Crippen molar-refractivity contribution < 1.29 is 9.53 Å². The summed E-state index contributed by atoms with van der Waals surface area (Å²) in [7, 11) is 0. The highest BCUT2D eigenvalue weighted by atomic mass is 35.5. The summed E-state index contributed by atoms with van der Waals surface area (Å²) in [5.74, 6) is 0.460. The lowest BCUT2D eigenvalue weighted by Crippen LogP contribution is -2.32. The van der Waals surface area contributed by atoms with Gasteiger partial charge in [-0.25, -0.2) is 0 Å². The molecule has 1 amide bonds. The second kappa shape index (κ2) is 7.71. The lowest BCUT2D eigenvalue weighted by molar-refractivity contribution is -0.122. The standard InChI is InChI=1S/C18H19Cl2NO2/c1-4-15(23-16-10-11(2)8-9-12(16)3)18(22)21-14-7-5-6-13(19)17(14)20/h5-10,15H,4H2,1-3H3,(H,21,22)/t15-/m0/s1. The number of benzene rings is 2. The van der Waals surface area contributed by atoms with Gasteiger partial charge < -0.3 is 10.1 Å². The molecule has 3 nitrogen and oxygen atoms in total. The number of aryl methyl sites for hydroxylation is 2. The van der Waals surface area contributed by atoms with Gasteiger partial charge in [0.05, 0.1) is 15.7 Å². The molecule has 2 rings (SSSR count). The summed E-state index contributed by atoms with van der Waals surface area (Å²) in [6.07, 6.45) is -0.0669. The molecule has 1 N–H and O–H groups in total. The van der Waals surface area contributed by atoms with Gasteiger partial charge >= 0.3 is 0 Å². The van der Waals surface area contributed by atoms with Crippen molar-refractivity contribution in [3.05, 3.63) is 57.6 Å². The summed E-state index contributed by atoms with van der Waals surface area (Å²) < 4.78 is 5.89. The largest absolute Gasteiger partial charge is 0.480 e. The van der Waals surface area contributed by atoms with Crippen LogP contribution in [0.2, 0.25) is 10.0 Å². The molecule has 0 heterocycles. The molecule has 23 heavy (non-hydrogen) atoms. The normalized spacial score (nSPS) is 11.9. The maximum absolute atomic E-state index is 12.5. The Kier molecular flexibility index (Phi) is 5.91. The maximum atomic E-state index is 12.5. The van der Waals surface area contributed by atoms with Crippen LogP contribution in [0.3, 0.4) is 0 Å². The molecule has 0 saturated carbocycles. The van der Waals surface area contributed by atoms with E-state index in [1.165, 1.54) is 0 Å². The van der Waals surface area contributed by atoms with Crippen LogP contribution < -0.4 is 10.1 Å². The molecular formula is C18H19Cl2NO2. The summed E-state index contributed by atoms with van der Waals surface area (Å²) >= 11 is 12.1. The first-order valence-corrected chi connectivity index (χ1v) is 8.16. The van der Waals surface area contributed by atoms with Gasteiger partial charge in [-0.3, -0.25) is 4.79 Å². The Morgan fingerprint density at radius 1 is 1.22 bits per heavy atom. The zero-order valence-electron chi connectivity index (χ0n) is 13.3. The highest BCUT2D eigenvalue weighted by Gasteiger charge is 2.20. The SMILES string of the molecule is CC[C@H](Oc1cc(C)ccc1C)C(=O)Nc1cccc(Cl)c1Cl. The van der Waals surface area contributed by atoms with Crippen LogP contribution in [0.1, 0.15) is 24.5 Å². The van der Waals surface area contributed by atoms with Gasteiger partial charge in [-0.2, -0.15) is 0 Å². The molecule has 122 valence electrons.